The molecule has 0 fully saturated rings. The van der Waals surface area contributed by atoms with E-state index in [2.05, 4.69) is 148 Å². The van der Waals surface area contributed by atoms with Gasteiger partial charge in [0.1, 0.15) is 6.54 Å². The van der Waals surface area contributed by atoms with Gasteiger partial charge in [-0.3, -0.25) is 0 Å². The summed E-state index contributed by atoms with van der Waals surface area (Å²) in [7, 11) is -1.34. The first-order valence-electron chi connectivity index (χ1n) is 18.4. The van der Waals surface area contributed by atoms with Gasteiger partial charge >= 0.3 is 0 Å². The number of benzene rings is 3. The molecule has 0 amide bonds. The summed E-state index contributed by atoms with van der Waals surface area (Å²) in [6, 6.07) is 28.2. The van der Waals surface area contributed by atoms with Crippen molar-refractivity contribution in [3.8, 4) is 22.5 Å². The van der Waals surface area contributed by atoms with E-state index in [1.165, 1.54) is 56.3 Å². The predicted octanol–water partition coefficient (Wildman–Crippen LogP) is 10.7. The molecule has 256 valence electrons. The average Bonchev–Trinajstić information content (AvgIpc) is 3.47. The van der Waals surface area contributed by atoms with Gasteiger partial charge in [0.15, 0.2) is 11.8 Å². The molecule has 8 rings (SSSR count). The van der Waals surface area contributed by atoms with Crippen LogP contribution in [0.25, 0.3) is 50.3 Å². The molecule has 0 saturated heterocycles. The van der Waals surface area contributed by atoms with Crippen molar-refractivity contribution in [3.63, 3.8) is 0 Å². The first kappa shape index (κ1) is 33.3. The lowest BCUT2D eigenvalue weighted by molar-refractivity contribution is -0.622. The molecule has 2 atom stereocenters. The Morgan fingerprint density at radius 3 is 2.37 bits per heavy atom. The lowest BCUT2D eigenvalue weighted by Crippen LogP contribution is -2.50. The number of nitrogens with zero attached hydrogens (tertiary/aromatic N) is 3. The van der Waals surface area contributed by atoms with Crippen molar-refractivity contribution >= 4 is 41.6 Å². The fourth-order valence-electron chi connectivity index (χ4n) is 8.89. The Balaban J connectivity index is 1.36. The molecule has 3 aromatic heterocycles. The summed E-state index contributed by atoms with van der Waals surface area (Å²) in [5.74, 6) is 0.267. The largest absolute Gasteiger partial charge is 0.437 e. The fraction of sp³-hybridized carbons (Fsp3) is 0.283. The van der Waals surface area contributed by atoms with Crippen molar-refractivity contribution < 1.29 is 13.6 Å². The summed E-state index contributed by atoms with van der Waals surface area (Å²) >= 11 is 0. The van der Waals surface area contributed by atoms with E-state index in [0.717, 1.165) is 58.4 Å². The van der Waals surface area contributed by atoms with E-state index >= 15 is 0 Å². The monoisotopic (exact) mass is 687 g/mol. The van der Waals surface area contributed by atoms with Crippen LogP contribution in [0.1, 0.15) is 51.3 Å². The quantitative estimate of drug-likeness (QED) is 0.133. The average molecular weight is 688 g/mol. The molecule has 0 N–H and O–H groups in total. The van der Waals surface area contributed by atoms with Crippen molar-refractivity contribution in [2.75, 3.05) is 6.54 Å². The van der Waals surface area contributed by atoms with Crippen LogP contribution in [0.4, 0.5) is 0 Å². The van der Waals surface area contributed by atoms with Crippen molar-refractivity contribution in [2.45, 2.75) is 78.2 Å². The van der Waals surface area contributed by atoms with Gasteiger partial charge in [-0.2, -0.15) is 4.57 Å². The van der Waals surface area contributed by atoms with Gasteiger partial charge in [0, 0.05) is 46.2 Å². The van der Waals surface area contributed by atoms with Crippen molar-refractivity contribution in [1.82, 2.24) is 4.98 Å². The number of furan rings is 1. The molecular formula is C46H49N3OSi+2. The third-order valence-corrected chi connectivity index (χ3v) is 13.0. The number of aryl methyl sites for hydroxylation is 5. The molecule has 2 aliphatic rings. The fourth-order valence-corrected chi connectivity index (χ4v) is 9.80. The van der Waals surface area contributed by atoms with E-state index in [1.54, 1.807) is 0 Å². The molecule has 51 heavy (non-hydrogen) atoms. The van der Waals surface area contributed by atoms with Crippen LogP contribution in [-0.2, 0) is 6.42 Å². The lowest BCUT2D eigenvalue weighted by Gasteiger charge is -2.32. The van der Waals surface area contributed by atoms with E-state index in [9.17, 15) is 0 Å². The first-order valence-corrected chi connectivity index (χ1v) is 22.1. The second-order valence-electron chi connectivity index (χ2n) is 16.1. The van der Waals surface area contributed by atoms with Gasteiger partial charge < -0.3 is 4.42 Å². The molecule has 6 aromatic rings. The Kier molecular flexibility index (Phi) is 8.10. The van der Waals surface area contributed by atoms with Crippen LogP contribution < -0.4 is 4.57 Å². The maximum absolute atomic E-state index is 6.91. The van der Waals surface area contributed by atoms with Gasteiger partial charge in [0.2, 0.25) is 28.9 Å². The Morgan fingerprint density at radius 2 is 1.63 bits per heavy atom. The third-order valence-electron chi connectivity index (χ3n) is 11.2. The van der Waals surface area contributed by atoms with E-state index < -0.39 is 8.07 Å². The highest BCUT2D eigenvalue weighted by Crippen LogP contribution is 2.43. The van der Waals surface area contributed by atoms with Gasteiger partial charge in [-0.25, -0.2) is 9.56 Å². The highest BCUT2D eigenvalue weighted by molar-refractivity contribution is 6.76. The number of hydrogen-bond acceptors (Lipinski definition) is 2. The lowest BCUT2D eigenvalue weighted by atomic mass is 9.78. The number of hydrogen-bond donors (Lipinski definition) is 0. The summed E-state index contributed by atoms with van der Waals surface area (Å²) in [6.45, 7) is 26.4. The topological polar surface area (TPSA) is 32.9 Å². The van der Waals surface area contributed by atoms with Gasteiger partial charge in [0.25, 0.3) is 0 Å². The van der Waals surface area contributed by atoms with Gasteiger partial charge in [-0.15, -0.1) is 0 Å². The summed E-state index contributed by atoms with van der Waals surface area (Å²) in [5.41, 5.74) is 17.2. The van der Waals surface area contributed by atoms with E-state index in [1.807, 2.05) is 0 Å². The van der Waals surface area contributed by atoms with Crippen LogP contribution in [0.15, 0.2) is 103 Å². The molecule has 0 saturated carbocycles. The van der Waals surface area contributed by atoms with Gasteiger partial charge in [-0.05, 0) is 93.1 Å². The summed E-state index contributed by atoms with van der Waals surface area (Å²) in [4.78, 5) is 5.18. The van der Waals surface area contributed by atoms with Crippen LogP contribution in [0.2, 0.25) is 25.7 Å². The van der Waals surface area contributed by atoms with Crippen molar-refractivity contribution in [2.24, 2.45) is 0 Å². The molecule has 0 spiro atoms. The molecule has 2 aliphatic heterocycles. The van der Waals surface area contributed by atoms with Crippen LogP contribution in [0.3, 0.4) is 0 Å². The van der Waals surface area contributed by atoms with Crippen LogP contribution in [0.5, 0.6) is 0 Å². The van der Waals surface area contributed by atoms with Crippen LogP contribution in [-0.4, -0.2) is 35.9 Å². The minimum Gasteiger partial charge on any atom is -0.437 e. The van der Waals surface area contributed by atoms with E-state index in [0.29, 0.717) is 5.71 Å². The Morgan fingerprint density at radius 1 is 0.882 bits per heavy atom. The second-order valence-corrected chi connectivity index (χ2v) is 21.7. The van der Waals surface area contributed by atoms with Crippen LogP contribution in [0, 0.1) is 27.7 Å². The zero-order valence-electron chi connectivity index (χ0n) is 31.2. The molecule has 0 radical (unpaired) electrons. The minimum atomic E-state index is -1.34. The second kappa shape index (κ2) is 12.4. The zero-order chi connectivity index (χ0) is 35.8. The molecule has 0 aliphatic carbocycles. The molecule has 0 bridgehead atoms. The molecule has 4 nitrogen and oxygen atoms in total. The SMILES string of the molecule is C=CC1=[N+](CC[Si](C)(C)C)C2C(=C)[n+]3ccc(C)cc3-c3c(ccc4c3oc3nc(-c5c(C)cc(C)cc5C)ccc34)CCC2c2ccccc21. The highest BCUT2D eigenvalue weighted by Gasteiger charge is 2.47. The highest BCUT2D eigenvalue weighted by atomic mass is 28.3. The van der Waals surface area contributed by atoms with E-state index in [4.69, 9.17) is 16.0 Å². The van der Waals surface area contributed by atoms with Gasteiger partial charge in [-0.1, -0.05) is 74.2 Å². The standard InChI is InChI=1S/C46H49N3OSi/c1-10-40-35-14-12-11-13-34(35)36-17-15-33-16-18-37-38-19-20-39(42-30(4)25-29(3)26-31(42)5)47-46(38)50-45(37)43(33)41-27-28(2)21-22-48(41)32(6)44(36)49(40)23-24-51(7,8)9/h10-14,16,18-22,25-27,36,44H,1,6,15,17,23-24H2,2-5,7-9H3/q+2. The maximum Gasteiger partial charge on any atom is 0.249 e. The molecule has 2 unspecified atom stereocenters. The zero-order valence-corrected chi connectivity index (χ0v) is 32.2. The van der Waals surface area contributed by atoms with Crippen molar-refractivity contribution in [3.05, 3.63) is 137 Å². The van der Waals surface area contributed by atoms with Gasteiger partial charge in [0.05, 0.1) is 25.2 Å². The normalized spacial score (nSPS) is 17.4. The van der Waals surface area contributed by atoms with Crippen molar-refractivity contribution in [1.29, 1.82) is 0 Å². The Labute approximate surface area is 303 Å². The minimum absolute atomic E-state index is 0.0846. The van der Waals surface area contributed by atoms with Crippen LogP contribution >= 0.6 is 0 Å². The maximum atomic E-state index is 6.91. The smallest absolute Gasteiger partial charge is 0.249 e. The number of allylic oxidation sites excluding steroid dienone is 1. The molecular weight excluding hydrogens is 639 g/mol. The number of pyridine rings is 2. The molecule has 3 aromatic carbocycles. The summed E-state index contributed by atoms with van der Waals surface area (Å²) in [5, 5.41) is 2.14. The molecule has 5 heteroatoms. The Hall–Kier alpha value is -4.87. The number of rotatable bonds is 5. The van der Waals surface area contributed by atoms with E-state index in [-0.39, 0.29) is 12.0 Å². The summed E-state index contributed by atoms with van der Waals surface area (Å²) in [6.07, 6.45) is 6.22. The predicted molar refractivity (Wildman–Crippen MR) is 216 cm³/mol. The number of fused-ring (bicyclic) bond motifs is 10. The summed E-state index contributed by atoms with van der Waals surface area (Å²) < 4.78 is 11.9. The first-order chi connectivity index (χ1) is 24.4. The Bertz CT molecular complexity index is 2430. The number of aromatic nitrogens is 2. The third kappa shape index (κ3) is 5.63. The molecule has 5 heterocycles.